The molecule has 28 heavy (non-hydrogen) atoms. The zero-order chi connectivity index (χ0) is 20.1. The first kappa shape index (κ1) is 20.7. The van der Waals surface area contributed by atoms with Crippen molar-refractivity contribution in [3.63, 3.8) is 0 Å². The van der Waals surface area contributed by atoms with E-state index < -0.39 is 0 Å². The normalized spacial score (nSPS) is 10.9. The van der Waals surface area contributed by atoms with Gasteiger partial charge in [0.25, 0.3) is 0 Å². The van der Waals surface area contributed by atoms with Gasteiger partial charge in [0.05, 0.1) is 12.3 Å². The van der Waals surface area contributed by atoms with Crippen LogP contribution >= 0.6 is 35.0 Å². The SMILES string of the molecule is Cc1ccc(-c2noc(CN(C)C(=O)CSCc3c(Cl)cccc3Cl)n2)cc1. The zero-order valence-electron chi connectivity index (χ0n) is 15.5. The van der Waals surface area contributed by atoms with E-state index >= 15 is 0 Å². The van der Waals surface area contributed by atoms with Crippen LogP contribution < -0.4 is 0 Å². The Kier molecular flexibility index (Phi) is 6.99. The number of aryl methyl sites for hydroxylation is 1. The lowest BCUT2D eigenvalue weighted by Gasteiger charge is -2.14. The Labute approximate surface area is 178 Å². The molecule has 8 heteroatoms. The van der Waals surface area contributed by atoms with E-state index in [0.29, 0.717) is 33.3 Å². The summed E-state index contributed by atoms with van der Waals surface area (Å²) in [6.07, 6.45) is 0. The Balaban J connectivity index is 1.52. The maximum atomic E-state index is 12.4. The molecule has 0 radical (unpaired) electrons. The summed E-state index contributed by atoms with van der Waals surface area (Å²) < 4.78 is 5.28. The van der Waals surface area contributed by atoms with Gasteiger partial charge in [-0.25, -0.2) is 0 Å². The second-order valence-electron chi connectivity index (χ2n) is 6.32. The van der Waals surface area contributed by atoms with E-state index in [1.54, 1.807) is 30.1 Å². The van der Waals surface area contributed by atoms with Gasteiger partial charge in [0.1, 0.15) is 0 Å². The molecular formula is C20H19Cl2N3O2S. The fourth-order valence-electron chi connectivity index (χ4n) is 2.45. The quantitative estimate of drug-likeness (QED) is 0.507. The van der Waals surface area contributed by atoms with Gasteiger partial charge in [0.15, 0.2) is 0 Å². The van der Waals surface area contributed by atoms with Gasteiger partial charge in [-0.15, -0.1) is 11.8 Å². The first-order valence-electron chi connectivity index (χ1n) is 8.58. The molecule has 0 fully saturated rings. The molecule has 0 aliphatic carbocycles. The molecule has 1 aromatic heterocycles. The molecule has 0 spiro atoms. The van der Waals surface area contributed by atoms with Crippen LogP contribution in [0, 0.1) is 6.92 Å². The number of nitrogens with zero attached hydrogens (tertiary/aromatic N) is 3. The van der Waals surface area contributed by atoms with Crippen LogP contribution in [0.3, 0.4) is 0 Å². The summed E-state index contributed by atoms with van der Waals surface area (Å²) in [4.78, 5) is 18.3. The highest BCUT2D eigenvalue weighted by Gasteiger charge is 2.15. The predicted octanol–water partition coefficient (Wildman–Crippen LogP) is 5.24. The van der Waals surface area contributed by atoms with Crippen molar-refractivity contribution >= 4 is 40.9 Å². The minimum atomic E-state index is -0.0386. The highest BCUT2D eigenvalue weighted by Crippen LogP contribution is 2.28. The molecule has 146 valence electrons. The number of hydrogen-bond donors (Lipinski definition) is 0. The molecule has 0 N–H and O–H groups in total. The highest BCUT2D eigenvalue weighted by molar-refractivity contribution is 7.99. The van der Waals surface area contributed by atoms with Crippen molar-refractivity contribution in [3.05, 3.63) is 69.5 Å². The van der Waals surface area contributed by atoms with Gasteiger partial charge < -0.3 is 9.42 Å². The van der Waals surface area contributed by atoms with Crippen LogP contribution in [0.15, 0.2) is 47.0 Å². The van der Waals surface area contributed by atoms with Gasteiger partial charge in [-0.05, 0) is 24.6 Å². The third-order valence-corrected chi connectivity index (χ3v) is 5.76. The van der Waals surface area contributed by atoms with Crippen molar-refractivity contribution in [2.24, 2.45) is 0 Å². The average Bonchev–Trinajstić information content (AvgIpc) is 3.13. The van der Waals surface area contributed by atoms with Gasteiger partial charge >= 0.3 is 0 Å². The first-order chi connectivity index (χ1) is 13.4. The van der Waals surface area contributed by atoms with Crippen LogP contribution in [0.2, 0.25) is 10.0 Å². The van der Waals surface area contributed by atoms with Gasteiger partial charge in [-0.2, -0.15) is 4.98 Å². The molecule has 3 aromatic rings. The summed E-state index contributed by atoms with van der Waals surface area (Å²) in [6, 6.07) is 13.2. The zero-order valence-corrected chi connectivity index (χ0v) is 17.8. The van der Waals surface area contributed by atoms with E-state index in [0.717, 1.165) is 16.7 Å². The van der Waals surface area contributed by atoms with Gasteiger partial charge in [-0.3, -0.25) is 4.79 Å². The molecule has 1 amide bonds. The van der Waals surface area contributed by atoms with E-state index in [2.05, 4.69) is 10.1 Å². The number of hydrogen-bond acceptors (Lipinski definition) is 5. The molecule has 0 saturated carbocycles. The minimum absolute atomic E-state index is 0.0386. The summed E-state index contributed by atoms with van der Waals surface area (Å²) in [5.74, 6) is 1.74. The van der Waals surface area contributed by atoms with Crippen LogP contribution in [0.4, 0.5) is 0 Å². The van der Waals surface area contributed by atoms with Crippen molar-refractivity contribution < 1.29 is 9.32 Å². The second kappa shape index (κ2) is 9.45. The molecule has 0 unspecified atom stereocenters. The Morgan fingerprint density at radius 3 is 2.50 bits per heavy atom. The van der Waals surface area contributed by atoms with Crippen molar-refractivity contribution in [2.75, 3.05) is 12.8 Å². The highest BCUT2D eigenvalue weighted by atomic mass is 35.5. The Morgan fingerprint density at radius 2 is 1.82 bits per heavy atom. The Bertz CT molecular complexity index is 940. The van der Waals surface area contributed by atoms with Crippen LogP contribution in [0.25, 0.3) is 11.4 Å². The first-order valence-corrected chi connectivity index (χ1v) is 10.5. The number of carbonyl (C=O) groups excluding carboxylic acids is 1. The smallest absolute Gasteiger partial charge is 0.246 e. The maximum Gasteiger partial charge on any atom is 0.246 e. The number of carbonyl (C=O) groups is 1. The fraction of sp³-hybridized carbons (Fsp3) is 0.250. The van der Waals surface area contributed by atoms with E-state index in [9.17, 15) is 4.79 Å². The molecule has 5 nitrogen and oxygen atoms in total. The summed E-state index contributed by atoms with van der Waals surface area (Å²) in [5, 5.41) is 5.20. The number of halogens is 2. The number of rotatable bonds is 7. The lowest BCUT2D eigenvalue weighted by molar-refractivity contribution is -0.127. The second-order valence-corrected chi connectivity index (χ2v) is 8.12. The lowest BCUT2D eigenvalue weighted by atomic mass is 10.1. The molecule has 0 atom stereocenters. The molecule has 0 aliphatic rings. The molecule has 0 saturated heterocycles. The van der Waals surface area contributed by atoms with Crippen molar-refractivity contribution in [1.29, 1.82) is 0 Å². The molecule has 3 rings (SSSR count). The van der Waals surface area contributed by atoms with Crippen molar-refractivity contribution in [3.8, 4) is 11.4 Å². The summed E-state index contributed by atoms with van der Waals surface area (Å²) >= 11 is 13.8. The average molecular weight is 436 g/mol. The molecule has 1 heterocycles. The van der Waals surface area contributed by atoms with Gasteiger partial charge in [0.2, 0.25) is 17.6 Å². The van der Waals surface area contributed by atoms with E-state index in [1.807, 2.05) is 31.2 Å². The van der Waals surface area contributed by atoms with Crippen molar-refractivity contribution in [1.82, 2.24) is 15.0 Å². The number of amides is 1. The van der Waals surface area contributed by atoms with E-state index in [1.165, 1.54) is 11.8 Å². The third kappa shape index (κ3) is 5.28. The van der Waals surface area contributed by atoms with Crippen LogP contribution in [0.1, 0.15) is 17.0 Å². The van der Waals surface area contributed by atoms with Crippen LogP contribution in [-0.4, -0.2) is 33.7 Å². The number of aromatic nitrogens is 2. The number of benzene rings is 2. The minimum Gasteiger partial charge on any atom is -0.337 e. The van der Waals surface area contributed by atoms with E-state index in [4.69, 9.17) is 27.7 Å². The summed E-state index contributed by atoms with van der Waals surface area (Å²) in [5.41, 5.74) is 2.88. The van der Waals surface area contributed by atoms with E-state index in [-0.39, 0.29) is 12.5 Å². The number of thioether (sulfide) groups is 1. The summed E-state index contributed by atoms with van der Waals surface area (Å²) in [6.45, 7) is 2.27. The molecule has 0 bridgehead atoms. The van der Waals surface area contributed by atoms with Crippen LogP contribution in [0.5, 0.6) is 0 Å². The third-order valence-electron chi connectivity index (χ3n) is 4.11. The van der Waals surface area contributed by atoms with Crippen LogP contribution in [-0.2, 0) is 17.1 Å². The predicted molar refractivity (Wildman–Crippen MR) is 114 cm³/mol. The van der Waals surface area contributed by atoms with Gasteiger partial charge in [0, 0.05) is 28.4 Å². The Morgan fingerprint density at radius 1 is 1.14 bits per heavy atom. The molecule has 2 aromatic carbocycles. The van der Waals surface area contributed by atoms with Gasteiger partial charge in [-0.1, -0.05) is 64.3 Å². The Hall–Kier alpha value is -2.02. The maximum absolute atomic E-state index is 12.4. The monoisotopic (exact) mass is 435 g/mol. The topological polar surface area (TPSA) is 59.2 Å². The fourth-order valence-corrected chi connectivity index (χ4v) is 4.15. The standard InChI is InChI=1S/C20H19Cl2N3O2S/c1-13-6-8-14(9-7-13)20-23-18(27-24-20)10-25(2)19(26)12-28-11-15-16(21)4-3-5-17(15)22/h3-9H,10-12H2,1-2H3. The lowest BCUT2D eigenvalue weighted by Crippen LogP contribution is -2.28. The largest absolute Gasteiger partial charge is 0.337 e. The summed E-state index contributed by atoms with van der Waals surface area (Å²) in [7, 11) is 1.71. The molecule has 0 aliphatic heterocycles. The van der Waals surface area contributed by atoms with Crippen molar-refractivity contribution in [2.45, 2.75) is 19.2 Å². The molecular weight excluding hydrogens is 417 g/mol.